The molecule has 0 heterocycles. The van der Waals surface area contributed by atoms with Crippen LogP contribution in [0.15, 0.2) is 59.5 Å². The first kappa shape index (κ1) is 20.7. The fraction of sp³-hybridized carbons (Fsp3) is 0.235. The third-order valence-corrected chi connectivity index (χ3v) is 5.35. The van der Waals surface area contributed by atoms with E-state index in [0.29, 0.717) is 0 Å². The van der Waals surface area contributed by atoms with E-state index in [-0.39, 0.29) is 12.0 Å². The maximum atomic E-state index is 12.6. The number of sulfonamides is 1. The van der Waals surface area contributed by atoms with E-state index in [1.165, 1.54) is 19.1 Å². The second-order valence-corrected chi connectivity index (χ2v) is 7.24. The molecule has 0 spiro atoms. The molecule has 0 saturated heterocycles. The lowest BCUT2D eigenvalue weighted by Crippen LogP contribution is -2.51. The van der Waals surface area contributed by atoms with E-state index in [0.717, 1.165) is 24.3 Å². The summed E-state index contributed by atoms with van der Waals surface area (Å²) in [4.78, 5) is 11.5. The molecule has 146 valence electrons. The van der Waals surface area contributed by atoms with Crippen LogP contribution in [0.5, 0.6) is 5.75 Å². The van der Waals surface area contributed by atoms with Crippen LogP contribution in [0.2, 0.25) is 0 Å². The Balaban J connectivity index is 2.39. The largest absolute Gasteiger partial charge is 0.573 e. The van der Waals surface area contributed by atoms with Gasteiger partial charge in [-0.2, -0.15) is 4.72 Å². The minimum Gasteiger partial charge on any atom is -0.480 e. The predicted molar refractivity (Wildman–Crippen MR) is 89.5 cm³/mol. The normalized spacial score (nSPS) is 14.4. The van der Waals surface area contributed by atoms with Crippen LogP contribution < -0.4 is 9.46 Å². The van der Waals surface area contributed by atoms with Crippen molar-refractivity contribution in [3.63, 3.8) is 0 Å². The predicted octanol–water partition coefficient (Wildman–Crippen LogP) is 3.25. The molecule has 1 atom stereocenters. The van der Waals surface area contributed by atoms with Gasteiger partial charge in [-0.15, -0.1) is 13.2 Å². The first-order chi connectivity index (χ1) is 12.5. The van der Waals surface area contributed by atoms with Gasteiger partial charge >= 0.3 is 12.3 Å². The monoisotopic (exact) mass is 403 g/mol. The van der Waals surface area contributed by atoms with Gasteiger partial charge in [0.1, 0.15) is 5.75 Å². The standard InChI is InChI=1S/C17H16F3NO5S/c1-2-16(15(22)23,12-6-4-3-5-7-12)21-27(24,25)14-10-8-13(9-11-14)26-17(18,19)20/h3-11,21H,2H2,1H3,(H,22,23)/t16-/m1/s1. The number of hydrogen-bond acceptors (Lipinski definition) is 4. The summed E-state index contributed by atoms with van der Waals surface area (Å²) in [5.74, 6) is -2.00. The van der Waals surface area contributed by atoms with Gasteiger partial charge in [0.25, 0.3) is 0 Å². The highest BCUT2D eigenvalue weighted by molar-refractivity contribution is 7.89. The maximum Gasteiger partial charge on any atom is 0.573 e. The molecule has 2 aromatic rings. The molecule has 6 nitrogen and oxygen atoms in total. The average molecular weight is 403 g/mol. The van der Waals surface area contributed by atoms with Crippen molar-refractivity contribution in [2.75, 3.05) is 0 Å². The van der Waals surface area contributed by atoms with E-state index in [9.17, 15) is 31.5 Å². The molecule has 2 N–H and O–H groups in total. The number of nitrogens with one attached hydrogen (secondary N) is 1. The molecular weight excluding hydrogens is 387 g/mol. The second kappa shape index (κ2) is 7.57. The molecule has 10 heteroatoms. The number of benzene rings is 2. The number of carboxylic acid groups (broad SMARTS) is 1. The van der Waals surface area contributed by atoms with E-state index in [1.54, 1.807) is 18.2 Å². The Kier molecular flexibility index (Phi) is 5.81. The third kappa shape index (κ3) is 4.77. The molecule has 0 aromatic heterocycles. The molecular formula is C17H16F3NO5S. The van der Waals surface area contributed by atoms with Gasteiger partial charge in [0, 0.05) is 0 Å². The second-order valence-electron chi connectivity index (χ2n) is 5.55. The lowest BCUT2D eigenvalue weighted by Gasteiger charge is -2.29. The summed E-state index contributed by atoms with van der Waals surface area (Å²) >= 11 is 0. The zero-order valence-corrected chi connectivity index (χ0v) is 14.8. The van der Waals surface area contributed by atoms with Gasteiger partial charge in [0.05, 0.1) is 4.90 Å². The molecule has 0 fully saturated rings. The fourth-order valence-electron chi connectivity index (χ4n) is 2.49. The van der Waals surface area contributed by atoms with Crippen LogP contribution in [0.4, 0.5) is 13.2 Å². The van der Waals surface area contributed by atoms with Gasteiger partial charge in [-0.05, 0) is 36.2 Å². The lowest BCUT2D eigenvalue weighted by atomic mass is 9.88. The number of alkyl halides is 3. The third-order valence-electron chi connectivity index (χ3n) is 3.84. The first-order valence-corrected chi connectivity index (χ1v) is 9.17. The van der Waals surface area contributed by atoms with Crippen LogP contribution >= 0.6 is 0 Å². The lowest BCUT2D eigenvalue weighted by molar-refractivity contribution is -0.274. The van der Waals surface area contributed by atoms with Gasteiger partial charge in [0.15, 0.2) is 5.54 Å². The summed E-state index contributed by atoms with van der Waals surface area (Å²) in [6, 6.07) is 11.2. The minimum atomic E-state index is -4.91. The summed E-state index contributed by atoms with van der Waals surface area (Å²) in [6.07, 6.45) is -5.01. The summed E-state index contributed by atoms with van der Waals surface area (Å²) in [5.41, 5.74) is -1.71. The summed E-state index contributed by atoms with van der Waals surface area (Å²) < 4.78 is 67.8. The van der Waals surface area contributed by atoms with Crippen molar-refractivity contribution in [1.82, 2.24) is 4.72 Å². The number of rotatable bonds is 7. The van der Waals surface area contributed by atoms with Crippen molar-refractivity contribution in [3.05, 3.63) is 60.2 Å². The Labute approximate surface area is 153 Å². The summed E-state index contributed by atoms with van der Waals surface area (Å²) in [7, 11) is -4.35. The van der Waals surface area contributed by atoms with Crippen LogP contribution in [-0.4, -0.2) is 25.9 Å². The van der Waals surface area contributed by atoms with E-state index in [4.69, 9.17) is 0 Å². The highest BCUT2D eigenvalue weighted by Gasteiger charge is 2.42. The number of hydrogen-bond donors (Lipinski definition) is 2. The van der Waals surface area contributed by atoms with Crippen molar-refractivity contribution in [2.45, 2.75) is 30.1 Å². The van der Waals surface area contributed by atoms with Crippen molar-refractivity contribution in [3.8, 4) is 5.75 Å². The highest BCUT2D eigenvalue weighted by atomic mass is 32.2. The molecule has 2 rings (SSSR count). The molecule has 27 heavy (non-hydrogen) atoms. The van der Waals surface area contributed by atoms with Crippen LogP contribution in [0.25, 0.3) is 0 Å². The number of carbonyl (C=O) groups is 1. The van der Waals surface area contributed by atoms with E-state index in [1.807, 2.05) is 0 Å². The van der Waals surface area contributed by atoms with Crippen molar-refractivity contribution in [1.29, 1.82) is 0 Å². The first-order valence-electron chi connectivity index (χ1n) is 7.69. The molecule has 0 amide bonds. The van der Waals surface area contributed by atoms with Crippen molar-refractivity contribution in [2.24, 2.45) is 0 Å². The number of halogens is 3. The average Bonchev–Trinajstić information content (AvgIpc) is 2.59. The summed E-state index contributed by atoms with van der Waals surface area (Å²) in [6.45, 7) is 1.50. The van der Waals surface area contributed by atoms with Crippen LogP contribution in [-0.2, 0) is 20.4 Å². The minimum absolute atomic E-state index is 0.0964. The van der Waals surface area contributed by atoms with E-state index < -0.39 is 38.5 Å². The fourth-order valence-corrected chi connectivity index (χ4v) is 3.91. The molecule has 0 bridgehead atoms. The maximum absolute atomic E-state index is 12.6. The Morgan fingerprint density at radius 3 is 2.07 bits per heavy atom. The van der Waals surface area contributed by atoms with E-state index >= 15 is 0 Å². The molecule has 0 radical (unpaired) electrons. The number of aliphatic carboxylic acids is 1. The smallest absolute Gasteiger partial charge is 0.480 e. The SMILES string of the molecule is CC[C@](NS(=O)(=O)c1ccc(OC(F)(F)F)cc1)(C(=O)O)c1ccccc1. The topological polar surface area (TPSA) is 92.7 Å². The number of ether oxygens (including phenoxy) is 1. The molecule has 0 aliphatic heterocycles. The quantitative estimate of drug-likeness (QED) is 0.740. The Bertz CT molecular complexity index is 898. The molecule has 0 aliphatic rings. The number of carboxylic acids is 1. The molecule has 0 saturated carbocycles. The van der Waals surface area contributed by atoms with Crippen LogP contribution in [0.1, 0.15) is 18.9 Å². The Morgan fingerprint density at radius 2 is 1.63 bits per heavy atom. The molecule has 0 unspecified atom stereocenters. The van der Waals surface area contributed by atoms with Crippen molar-refractivity contribution < 1.29 is 36.2 Å². The van der Waals surface area contributed by atoms with Gasteiger partial charge in [0.2, 0.25) is 10.0 Å². The van der Waals surface area contributed by atoms with Gasteiger partial charge < -0.3 is 9.84 Å². The van der Waals surface area contributed by atoms with E-state index in [2.05, 4.69) is 9.46 Å². The van der Waals surface area contributed by atoms with Gasteiger partial charge in [-0.3, -0.25) is 0 Å². The Morgan fingerprint density at radius 1 is 1.07 bits per heavy atom. The highest BCUT2D eigenvalue weighted by Crippen LogP contribution is 2.29. The van der Waals surface area contributed by atoms with Crippen LogP contribution in [0, 0.1) is 0 Å². The van der Waals surface area contributed by atoms with Gasteiger partial charge in [-0.1, -0.05) is 37.3 Å². The zero-order chi connectivity index (χ0) is 20.3. The van der Waals surface area contributed by atoms with Crippen LogP contribution in [0.3, 0.4) is 0 Å². The molecule has 0 aliphatic carbocycles. The van der Waals surface area contributed by atoms with Crippen molar-refractivity contribution >= 4 is 16.0 Å². The van der Waals surface area contributed by atoms with Gasteiger partial charge in [-0.25, -0.2) is 13.2 Å². The molecule has 2 aromatic carbocycles. The zero-order valence-electron chi connectivity index (χ0n) is 14.0. The Hall–Kier alpha value is -2.59. The summed E-state index contributed by atoms with van der Waals surface area (Å²) in [5, 5.41) is 9.69.